The van der Waals surface area contributed by atoms with Crippen molar-refractivity contribution in [1.29, 1.82) is 0 Å². The van der Waals surface area contributed by atoms with E-state index in [2.05, 4.69) is 10.6 Å². The second-order valence-corrected chi connectivity index (χ2v) is 6.25. The van der Waals surface area contributed by atoms with Gasteiger partial charge >= 0.3 is 5.76 Å². The fourth-order valence-corrected chi connectivity index (χ4v) is 2.34. The van der Waals surface area contributed by atoms with Crippen molar-refractivity contribution in [2.45, 2.75) is 24.0 Å². The SMILES string of the molecule is CCNCCNC(=O)Cc1ccc(S(=O)(=O)C(F)F)cc1. The average molecular weight is 320 g/mol. The molecule has 0 saturated carbocycles. The van der Waals surface area contributed by atoms with Crippen molar-refractivity contribution < 1.29 is 22.0 Å². The third-order valence-electron chi connectivity index (χ3n) is 2.73. The highest BCUT2D eigenvalue weighted by molar-refractivity contribution is 7.91. The molecule has 0 saturated heterocycles. The summed E-state index contributed by atoms with van der Waals surface area (Å²) in [5, 5.41) is 5.74. The van der Waals surface area contributed by atoms with Gasteiger partial charge in [-0.2, -0.15) is 8.78 Å². The number of hydrogen-bond donors (Lipinski definition) is 2. The van der Waals surface area contributed by atoms with E-state index in [9.17, 15) is 22.0 Å². The first-order valence-corrected chi connectivity index (χ1v) is 8.01. The second-order valence-electron chi connectivity index (χ2n) is 4.33. The van der Waals surface area contributed by atoms with Crippen LogP contribution in [0.5, 0.6) is 0 Å². The molecule has 21 heavy (non-hydrogen) atoms. The molecule has 118 valence electrons. The van der Waals surface area contributed by atoms with Crippen molar-refractivity contribution in [3.05, 3.63) is 29.8 Å². The van der Waals surface area contributed by atoms with Crippen LogP contribution in [0.4, 0.5) is 8.78 Å². The lowest BCUT2D eigenvalue weighted by Gasteiger charge is -2.07. The van der Waals surface area contributed by atoms with Gasteiger partial charge in [-0.15, -0.1) is 0 Å². The summed E-state index contributed by atoms with van der Waals surface area (Å²) in [6.45, 7) is 3.92. The number of carbonyl (C=O) groups is 1. The number of benzene rings is 1. The number of likely N-dealkylation sites (N-methyl/N-ethyl adjacent to an activating group) is 1. The molecule has 0 fully saturated rings. The molecular weight excluding hydrogens is 302 g/mol. The normalized spacial score (nSPS) is 11.6. The number of nitrogens with one attached hydrogen (secondary N) is 2. The summed E-state index contributed by atoms with van der Waals surface area (Å²) in [5.74, 6) is -3.66. The third-order valence-corrected chi connectivity index (χ3v) is 4.12. The zero-order chi connectivity index (χ0) is 15.9. The van der Waals surface area contributed by atoms with E-state index < -0.39 is 20.5 Å². The topological polar surface area (TPSA) is 75.3 Å². The predicted molar refractivity (Wildman–Crippen MR) is 74.9 cm³/mol. The Bertz CT molecular complexity index is 559. The van der Waals surface area contributed by atoms with Gasteiger partial charge in [0, 0.05) is 13.1 Å². The molecule has 5 nitrogen and oxygen atoms in total. The summed E-state index contributed by atoms with van der Waals surface area (Å²) >= 11 is 0. The van der Waals surface area contributed by atoms with Crippen LogP contribution >= 0.6 is 0 Å². The van der Waals surface area contributed by atoms with Crippen LogP contribution in [-0.2, 0) is 21.1 Å². The van der Waals surface area contributed by atoms with Gasteiger partial charge in [0.2, 0.25) is 15.7 Å². The smallest absolute Gasteiger partial charge is 0.341 e. The molecular formula is C13H18F2N2O3S. The largest absolute Gasteiger partial charge is 0.355 e. The summed E-state index contributed by atoms with van der Waals surface area (Å²) in [6, 6.07) is 4.89. The van der Waals surface area contributed by atoms with Crippen molar-refractivity contribution >= 4 is 15.7 Å². The number of carbonyl (C=O) groups excluding carboxylic acids is 1. The first kappa shape index (κ1) is 17.5. The van der Waals surface area contributed by atoms with Gasteiger partial charge < -0.3 is 10.6 Å². The van der Waals surface area contributed by atoms with Crippen LogP contribution in [0, 0.1) is 0 Å². The summed E-state index contributed by atoms with van der Waals surface area (Å²) in [7, 11) is -4.58. The number of amides is 1. The van der Waals surface area contributed by atoms with Crippen molar-refractivity contribution in [3.8, 4) is 0 Å². The van der Waals surface area contributed by atoms with Gasteiger partial charge in [-0.3, -0.25) is 4.79 Å². The Morgan fingerprint density at radius 3 is 2.33 bits per heavy atom. The summed E-state index contributed by atoms with van der Waals surface area (Å²) in [5.41, 5.74) is 0.559. The van der Waals surface area contributed by atoms with Gasteiger partial charge in [-0.05, 0) is 24.2 Å². The lowest BCUT2D eigenvalue weighted by molar-refractivity contribution is -0.120. The summed E-state index contributed by atoms with van der Waals surface area (Å²) < 4.78 is 47.2. The first-order chi connectivity index (χ1) is 9.87. The maximum atomic E-state index is 12.4. The van der Waals surface area contributed by atoms with Crippen LogP contribution in [0.1, 0.15) is 12.5 Å². The fourth-order valence-electron chi connectivity index (χ4n) is 1.61. The Hall–Kier alpha value is -1.54. The molecule has 1 aromatic carbocycles. The maximum absolute atomic E-state index is 12.4. The highest BCUT2D eigenvalue weighted by Crippen LogP contribution is 2.18. The Labute approximate surface area is 122 Å². The van der Waals surface area contributed by atoms with Gasteiger partial charge in [-0.1, -0.05) is 19.1 Å². The van der Waals surface area contributed by atoms with E-state index >= 15 is 0 Å². The molecule has 0 aliphatic carbocycles. The molecule has 0 spiro atoms. The van der Waals surface area contributed by atoms with Crippen molar-refractivity contribution in [1.82, 2.24) is 10.6 Å². The van der Waals surface area contributed by atoms with E-state index in [1.807, 2.05) is 6.92 Å². The standard InChI is InChI=1S/C13H18F2N2O3S/c1-2-16-7-8-17-12(18)9-10-3-5-11(6-4-10)21(19,20)13(14)15/h3-6,13,16H,2,7-9H2,1H3,(H,17,18). The molecule has 1 aromatic rings. The molecule has 8 heteroatoms. The molecule has 0 aliphatic rings. The van der Waals surface area contributed by atoms with Gasteiger partial charge in [-0.25, -0.2) is 8.42 Å². The van der Waals surface area contributed by atoms with Gasteiger partial charge in [0.15, 0.2) is 0 Å². The molecule has 0 unspecified atom stereocenters. The molecule has 1 rings (SSSR count). The minimum atomic E-state index is -4.58. The molecule has 0 aliphatic heterocycles. The zero-order valence-corrected chi connectivity index (χ0v) is 12.4. The van der Waals surface area contributed by atoms with Crippen molar-refractivity contribution in [3.63, 3.8) is 0 Å². The van der Waals surface area contributed by atoms with Crippen molar-refractivity contribution in [2.75, 3.05) is 19.6 Å². The molecule has 0 atom stereocenters. The molecule has 2 N–H and O–H groups in total. The Kier molecular flexibility index (Phi) is 6.70. The van der Waals surface area contributed by atoms with E-state index in [1.54, 1.807) is 0 Å². The quantitative estimate of drug-likeness (QED) is 0.699. The van der Waals surface area contributed by atoms with Gasteiger partial charge in [0.1, 0.15) is 0 Å². The lowest BCUT2D eigenvalue weighted by atomic mass is 10.1. The molecule has 0 bridgehead atoms. The second kappa shape index (κ2) is 8.04. The molecule has 1 amide bonds. The Morgan fingerprint density at radius 2 is 1.81 bits per heavy atom. The zero-order valence-electron chi connectivity index (χ0n) is 11.6. The minimum absolute atomic E-state index is 0.0706. The number of alkyl halides is 2. The van der Waals surface area contributed by atoms with Crippen LogP contribution in [0.15, 0.2) is 29.2 Å². The van der Waals surface area contributed by atoms with Crippen molar-refractivity contribution in [2.24, 2.45) is 0 Å². The van der Waals surface area contributed by atoms with Gasteiger partial charge in [0.05, 0.1) is 11.3 Å². The maximum Gasteiger partial charge on any atom is 0.341 e. The Morgan fingerprint density at radius 1 is 1.19 bits per heavy atom. The van der Waals surface area contributed by atoms with E-state index in [4.69, 9.17) is 0 Å². The minimum Gasteiger partial charge on any atom is -0.355 e. The van der Waals surface area contributed by atoms with E-state index in [-0.39, 0.29) is 12.3 Å². The summed E-state index contributed by atoms with van der Waals surface area (Å²) in [4.78, 5) is 11.1. The monoisotopic (exact) mass is 320 g/mol. The van der Waals surface area contributed by atoms with Crippen LogP contribution in [0.2, 0.25) is 0 Å². The van der Waals surface area contributed by atoms with Crippen LogP contribution in [0.25, 0.3) is 0 Å². The third kappa shape index (κ3) is 5.39. The Balaban J connectivity index is 2.57. The number of rotatable bonds is 8. The lowest BCUT2D eigenvalue weighted by Crippen LogP contribution is -2.32. The highest BCUT2D eigenvalue weighted by Gasteiger charge is 2.26. The average Bonchev–Trinajstić information content (AvgIpc) is 2.44. The number of hydrogen-bond acceptors (Lipinski definition) is 4. The van der Waals surface area contributed by atoms with Crippen LogP contribution < -0.4 is 10.6 Å². The van der Waals surface area contributed by atoms with Crippen LogP contribution in [0.3, 0.4) is 0 Å². The molecule has 0 aromatic heterocycles. The van der Waals surface area contributed by atoms with E-state index in [0.717, 1.165) is 18.7 Å². The van der Waals surface area contributed by atoms with E-state index in [1.165, 1.54) is 12.1 Å². The first-order valence-electron chi connectivity index (χ1n) is 6.46. The molecule has 0 radical (unpaired) electrons. The highest BCUT2D eigenvalue weighted by atomic mass is 32.2. The molecule has 0 heterocycles. The van der Waals surface area contributed by atoms with E-state index in [0.29, 0.717) is 18.7 Å². The van der Waals surface area contributed by atoms with Gasteiger partial charge in [0.25, 0.3) is 0 Å². The number of halogens is 2. The predicted octanol–water partition coefficient (Wildman–Crippen LogP) is 0.951. The van der Waals surface area contributed by atoms with Crippen LogP contribution in [-0.4, -0.2) is 39.7 Å². The summed E-state index contributed by atoms with van der Waals surface area (Å²) in [6.07, 6.45) is 0.0706. The number of sulfone groups is 1. The fraction of sp³-hybridized carbons (Fsp3) is 0.462.